The monoisotopic (exact) mass is 503 g/mol. The topological polar surface area (TPSA) is 83.1 Å². The number of Topliss-reactive ketones (excluding diaryl/α,β-unsaturated/α-hetero) is 1. The van der Waals surface area contributed by atoms with Crippen LogP contribution in [0, 0.1) is 0 Å². The van der Waals surface area contributed by atoms with Crippen molar-refractivity contribution in [3.05, 3.63) is 88.8 Å². The van der Waals surface area contributed by atoms with Crippen molar-refractivity contribution in [2.45, 2.75) is 38.5 Å². The highest BCUT2D eigenvalue weighted by Gasteiger charge is 2.41. The summed E-state index contributed by atoms with van der Waals surface area (Å²) < 4.78 is 22.0. The lowest BCUT2D eigenvalue weighted by atomic mass is 9.71. The van der Waals surface area contributed by atoms with Crippen molar-refractivity contribution in [2.24, 2.45) is 0 Å². The summed E-state index contributed by atoms with van der Waals surface area (Å²) >= 11 is 0. The average molecular weight is 504 g/mol. The third-order valence-electron chi connectivity index (χ3n) is 6.79. The van der Waals surface area contributed by atoms with Gasteiger partial charge in [-0.3, -0.25) is 4.79 Å². The standard InChI is InChI=1S/C30H33NO6/c1-6-14-37-30(33)27-18(3)31-23-15-21(19-8-11-22(34-4)12-9-19)16-24(32)29(23)28(27)20-10-13-25(36-7-2)26(17-20)35-5/h6,8-13,17,21,28,31H,1,7,14-16H2,2-5H3/t21-,28+/m0/s1. The first-order chi connectivity index (χ1) is 17.9. The molecule has 0 aromatic heterocycles. The van der Waals surface area contributed by atoms with E-state index in [9.17, 15) is 9.59 Å². The predicted octanol–water partition coefficient (Wildman–Crippen LogP) is 5.19. The third-order valence-corrected chi connectivity index (χ3v) is 6.79. The molecule has 37 heavy (non-hydrogen) atoms. The third kappa shape index (κ3) is 5.26. The van der Waals surface area contributed by atoms with Crippen LogP contribution in [0.3, 0.4) is 0 Å². The molecule has 1 aliphatic heterocycles. The van der Waals surface area contributed by atoms with E-state index < -0.39 is 11.9 Å². The second-order valence-electron chi connectivity index (χ2n) is 9.02. The number of esters is 1. The number of ketones is 1. The van der Waals surface area contributed by atoms with Gasteiger partial charge in [-0.1, -0.05) is 30.9 Å². The number of hydrogen-bond donors (Lipinski definition) is 1. The number of carbonyl (C=O) groups is 2. The van der Waals surface area contributed by atoms with Gasteiger partial charge in [0, 0.05) is 29.3 Å². The highest BCUT2D eigenvalue weighted by Crippen LogP contribution is 2.47. The van der Waals surface area contributed by atoms with E-state index in [0.29, 0.717) is 47.8 Å². The number of ether oxygens (including phenoxy) is 4. The summed E-state index contributed by atoms with van der Waals surface area (Å²) in [6.07, 6.45) is 2.50. The summed E-state index contributed by atoms with van der Waals surface area (Å²) in [7, 11) is 3.20. The quantitative estimate of drug-likeness (QED) is 0.372. The molecule has 0 saturated heterocycles. The summed E-state index contributed by atoms with van der Waals surface area (Å²) in [4.78, 5) is 27.0. The molecule has 0 fully saturated rings. The molecule has 7 nitrogen and oxygen atoms in total. The maximum Gasteiger partial charge on any atom is 0.337 e. The van der Waals surface area contributed by atoms with Crippen LogP contribution in [0.25, 0.3) is 0 Å². The lowest BCUT2D eigenvalue weighted by molar-refractivity contribution is -0.138. The molecule has 1 aliphatic carbocycles. The molecule has 4 rings (SSSR count). The molecule has 1 N–H and O–H groups in total. The molecule has 7 heteroatoms. The Morgan fingerprint density at radius 1 is 1.05 bits per heavy atom. The minimum atomic E-state index is -0.595. The lowest BCUT2D eigenvalue weighted by Gasteiger charge is -2.36. The molecule has 2 aliphatic rings. The Labute approximate surface area is 217 Å². The van der Waals surface area contributed by atoms with E-state index in [4.69, 9.17) is 18.9 Å². The minimum absolute atomic E-state index is 0.00561. The van der Waals surface area contributed by atoms with Gasteiger partial charge in [-0.2, -0.15) is 0 Å². The summed E-state index contributed by atoms with van der Waals surface area (Å²) in [5.74, 6) is 0.837. The fourth-order valence-electron chi connectivity index (χ4n) is 5.11. The van der Waals surface area contributed by atoms with E-state index in [-0.39, 0.29) is 18.3 Å². The molecule has 0 bridgehead atoms. The number of nitrogens with one attached hydrogen (secondary N) is 1. The normalized spacial score (nSPS) is 19.1. The summed E-state index contributed by atoms with van der Waals surface area (Å²) in [5.41, 5.74) is 4.31. The van der Waals surface area contributed by atoms with Crippen LogP contribution in [0.5, 0.6) is 17.2 Å². The molecule has 0 saturated carbocycles. The number of allylic oxidation sites excluding steroid dienone is 3. The molecule has 0 unspecified atom stereocenters. The Balaban J connectivity index is 1.79. The van der Waals surface area contributed by atoms with Crippen LogP contribution in [-0.2, 0) is 14.3 Å². The predicted molar refractivity (Wildman–Crippen MR) is 141 cm³/mol. The highest BCUT2D eigenvalue weighted by atomic mass is 16.5. The van der Waals surface area contributed by atoms with E-state index in [1.54, 1.807) is 14.2 Å². The minimum Gasteiger partial charge on any atom is -0.497 e. The Morgan fingerprint density at radius 2 is 1.78 bits per heavy atom. The summed E-state index contributed by atoms with van der Waals surface area (Å²) in [6.45, 7) is 7.95. The van der Waals surface area contributed by atoms with Crippen LogP contribution in [0.15, 0.2) is 77.7 Å². The second-order valence-corrected chi connectivity index (χ2v) is 9.02. The number of methoxy groups -OCH3 is 2. The van der Waals surface area contributed by atoms with Gasteiger partial charge < -0.3 is 24.3 Å². The molecule has 0 amide bonds. The van der Waals surface area contributed by atoms with Crippen LogP contribution in [0.1, 0.15) is 49.7 Å². The van der Waals surface area contributed by atoms with E-state index in [2.05, 4.69) is 11.9 Å². The first-order valence-corrected chi connectivity index (χ1v) is 12.4. The van der Waals surface area contributed by atoms with Crippen molar-refractivity contribution in [1.82, 2.24) is 5.32 Å². The molecule has 2 aromatic carbocycles. The van der Waals surface area contributed by atoms with Gasteiger partial charge in [0.15, 0.2) is 17.3 Å². The Morgan fingerprint density at radius 3 is 2.43 bits per heavy atom. The summed E-state index contributed by atoms with van der Waals surface area (Å²) in [6, 6.07) is 13.3. The van der Waals surface area contributed by atoms with Gasteiger partial charge in [-0.25, -0.2) is 4.79 Å². The number of benzene rings is 2. The van der Waals surface area contributed by atoms with Gasteiger partial charge in [0.25, 0.3) is 0 Å². The largest absolute Gasteiger partial charge is 0.497 e. The lowest BCUT2D eigenvalue weighted by Crippen LogP contribution is -2.36. The zero-order chi connectivity index (χ0) is 26.5. The summed E-state index contributed by atoms with van der Waals surface area (Å²) in [5, 5.41) is 3.37. The second kappa shape index (κ2) is 11.4. The van der Waals surface area contributed by atoms with E-state index in [1.165, 1.54) is 6.08 Å². The van der Waals surface area contributed by atoms with E-state index in [1.807, 2.05) is 56.3 Å². The molecule has 2 atom stereocenters. The zero-order valence-corrected chi connectivity index (χ0v) is 21.8. The Kier molecular flexibility index (Phi) is 8.01. The van der Waals surface area contributed by atoms with Crippen molar-refractivity contribution in [3.8, 4) is 17.2 Å². The molecule has 0 spiro atoms. The van der Waals surface area contributed by atoms with Crippen molar-refractivity contribution in [3.63, 3.8) is 0 Å². The van der Waals surface area contributed by atoms with Gasteiger partial charge >= 0.3 is 5.97 Å². The van der Waals surface area contributed by atoms with Gasteiger partial charge in [0.2, 0.25) is 0 Å². The van der Waals surface area contributed by atoms with Crippen molar-refractivity contribution in [1.29, 1.82) is 0 Å². The van der Waals surface area contributed by atoms with Crippen LogP contribution in [-0.4, -0.2) is 39.2 Å². The maximum atomic E-state index is 13.8. The van der Waals surface area contributed by atoms with Crippen LogP contribution < -0.4 is 19.5 Å². The van der Waals surface area contributed by atoms with Gasteiger partial charge in [0.05, 0.1) is 26.4 Å². The molecule has 2 aromatic rings. The number of carbonyl (C=O) groups excluding carboxylic acids is 2. The van der Waals surface area contributed by atoms with Crippen LogP contribution in [0.4, 0.5) is 0 Å². The van der Waals surface area contributed by atoms with E-state index in [0.717, 1.165) is 22.6 Å². The fourth-order valence-corrected chi connectivity index (χ4v) is 5.11. The van der Waals surface area contributed by atoms with Gasteiger partial charge in [-0.15, -0.1) is 0 Å². The first kappa shape index (κ1) is 26.1. The number of rotatable bonds is 9. The molecule has 194 valence electrons. The Bertz CT molecular complexity index is 1260. The number of hydrogen-bond acceptors (Lipinski definition) is 7. The van der Waals surface area contributed by atoms with Gasteiger partial charge in [-0.05, 0) is 61.6 Å². The molecule has 1 heterocycles. The highest BCUT2D eigenvalue weighted by molar-refractivity contribution is 6.04. The Hall–Kier alpha value is -4.00. The van der Waals surface area contributed by atoms with Crippen molar-refractivity contribution >= 4 is 11.8 Å². The van der Waals surface area contributed by atoms with Crippen molar-refractivity contribution < 1.29 is 28.5 Å². The van der Waals surface area contributed by atoms with Crippen LogP contribution in [0.2, 0.25) is 0 Å². The molecular weight excluding hydrogens is 470 g/mol. The van der Waals surface area contributed by atoms with Gasteiger partial charge in [0.1, 0.15) is 12.4 Å². The average Bonchev–Trinajstić information content (AvgIpc) is 2.91. The maximum absolute atomic E-state index is 13.8. The SMILES string of the molecule is C=CCOC(=O)C1=C(C)NC2=C(C(=O)C[C@@H](c3ccc(OC)cc3)C2)[C@@H]1c1ccc(OCC)c(OC)c1. The number of dihydropyridines is 1. The molecular formula is C30H33NO6. The first-order valence-electron chi connectivity index (χ1n) is 12.4. The van der Waals surface area contributed by atoms with E-state index >= 15 is 0 Å². The smallest absolute Gasteiger partial charge is 0.337 e. The van der Waals surface area contributed by atoms with Crippen molar-refractivity contribution in [2.75, 3.05) is 27.4 Å². The zero-order valence-electron chi connectivity index (χ0n) is 21.8. The fraction of sp³-hybridized carbons (Fsp3) is 0.333. The molecule has 0 radical (unpaired) electrons. The van der Waals surface area contributed by atoms with Crippen LogP contribution >= 0.6 is 0 Å².